The van der Waals surface area contributed by atoms with E-state index in [9.17, 15) is 4.79 Å². The van der Waals surface area contributed by atoms with Crippen molar-refractivity contribution in [2.24, 2.45) is 0 Å². The fraction of sp³-hybridized carbons (Fsp3) is 0.278. The van der Waals surface area contributed by atoms with E-state index in [1.807, 2.05) is 45.0 Å². The van der Waals surface area contributed by atoms with Crippen LogP contribution in [0.2, 0.25) is 0 Å². The van der Waals surface area contributed by atoms with Gasteiger partial charge in [-0.15, -0.1) is 0 Å². The van der Waals surface area contributed by atoms with E-state index in [1.165, 1.54) is 5.56 Å². The molecule has 0 heterocycles. The maximum atomic E-state index is 12.3. The van der Waals surface area contributed by atoms with Crippen molar-refractivity contribution in [3.8, 4) is 0 Å². The molecule has 1 atom stereocenters. The Morgan fingerprint density at radius 3 is 2.20 bits per heavy atom. The Bertz CT molecular complexity index is 611. The van der Waals surface area contributed by atoms with Gasteiger partial charge in [0.15, 0.2) is 0 Å². The van der Waals surface area contributed by atoms with Gasteiger partial charge in [-0.1, -0.05) is 41.5 Å². The Balaban J connectivity index is 2.17. The third-order valence-electron chi connectivity index (χ3n) is 3.49. The van der Waals surface area contributed by atoms with Gasteiger partial charge in [-0.2, -0.15) is 0 Å². The smallest absolute Gasteiger partial charge is 0.251 e. The van der Waals surface area contributed by atoms with Gasteiger partial charge in [-0.3, -0.25) is 4.79 Å². The lowest BCUT2D eigenvalue weighted by Crippen LogP contribution is -2.27. The summed E-state index contributed by atoms with van der Waals surface area (Å²) in [6.45, 7) is 8.10. The van der Waals surface area contributed by atoms with E-state index in [0.29, 0.717) is 0 Å². The summed E-state index contributed by atoms with van der Waals surface area (Å²) in [6.07, 6.45) is 0. The van der Waals surface area contributed by atoms with Crippen molar-refractivity contribution < 1.29 is 4.79 Å². The lowest BCUT2D eigenvalue weighted by Gasteiger charge is -2.17. The minimum Gasteiger partial charge on any atom is -0.346 e. The summed E-state index contributed by atoms with van der Waals surface area (Å²) >= 11 is 0. The molecule has 0 bridgehead atoms. The summed E-state index contributed by atoms with van der Waals surface area (Å²) in [5, 5.41) is 3.07. The first-order valence-corrected chi connectivity index (χ1v) is 6.92. The van der Waals surface area contributed by atoms with Gasteiger partial charge in [0, 0.05) is 5.56 Å². The zero-order valence-corrected chi connectivity index (χ0v) is 12.5. The van der Waals surface area contributed by atoms with Crippen LogP contribution in [0.15, 0.2) is 42.5 Å². The van der Waals surface area contributed by atoms with Crippen molar-refractivity contribution in [2.75, 3.05) is 0 Å². The van der Waals surface area contributed by atoms with Gasteiger partial charge in [0.25, 0.3) is 5.91 Å². The number of benzene rings is 2. The molecule has 2 nitrogen and oxygen atoms in total. The summed E-state index contributed by atoms with van der Waals surface area (Å²) < 4.78 is 0. The number of hydrogen-bond donors (Lipinski definition) is 1. The number of carbonyl (C=O) groups is 1. The lowest BCUT2D eigenvalue weighted by atomic mass is 10.0. The van der Waals surface area contributed by atoms with Crippen molar-refractivity contribution in [1.82, 2.24) is 5.32 Å². The van der Waals surface area contributed by atoms with Crippen LogP contribution >= 0.6 is 0 Å². The quantitative estimate of drug-likeness (QED) is 0.891. The van der Waals surface area contributed by atoms with Gasteiger partial charge in [0.05, 0.1) is 6.04 Å². The van der Waals surface area contributed by atoms with E-state index in [4.69, 9.17) is 0 Å². The summed E-state index contributed by atoms with van der Waals surface area (Å²) in [5.74, 6) is -0.0208. The number of rotatable bonds is 3. The molecule has 0 aliphatic carbocycles. The monoisotopic (exact) mass is 267 g/mol. The number of nitrogens with one attached hydrogen (secondary N) is 1. The molecule has 0 aliphatic rings. The molecule has 2 heteroatoms. The second kappa shape index (κ2) is 5.91. The van der Waals surface area contributed by atoms with Crippen LogP contribution in [-0.4, -0.2) is 5.91 Å². The molecular weight excluding hydrogens is 246 g/mol. The van der Waals surface area contributed by atoms with Crippen LogP contribution in [0.3, 0.4) is 0 Å². The fourth-order valence-electron chi connectivity index (χ4n) is 2.54. The number of amides is 1. The average molecular weight is 267 g/mol. The molecule has 0 fully saturated rings. The van der Waals surface area contributed by atoms with Gasteiger partial charge in [0.2, 0.25) is 0 Å². The van der Waals surface area contributed by atoms with E-state index in [0.717, 1.165) is 22.3 Å². The summed E-state index contributed by atoms with van der Waals surface area (Å²) in [4.78, 5) is 12.3. The molecule has 20 heavy (non-hydrogen) atoms. The van der Waals surface area contributed by atoms with Crippen LogP contribution in [-0.2, 0) is 0 Å². The standard InChI is InChI=1S/C18H21NO/c1-12-9-13(2)11-16(10-12)18(20)19-15(4)17-8-6-5-7-14(17)3/h5-11,15H,1-4H3,(H,19,20). The Hall–Kier alpha value is -2.09. The average Bonchev–Trinajstić information content (AvgIpc) is 2.37. The molecule has 0 aliphatic heterocycles. The molecule has 1 unspecified atom stereocenters. The van der Waals surface area contributed by atoms with Crippen LogP contribution in [0.4, 0.5) is 0 Å². The third-order valence-corrected chi connectivity index (χ3v) is 3.49. The molecule has 104 valence electrons. The molecule has 0 radical (unpaired) electrons. The van der Waals surface area contributed by atoms with Gasteiger partial charge >= 0.3 is 0 Å². The van der Waals surface area contributed by atoms with E-state index in [-0.39, 0.29) is 11.9 Å². The van der Waals surface area contributed by atoms with Crippen molar-refractivity contribution in [1.29, 1.82) is 0 Å². The highest BCUT2D eigenvalue weighted by Crippen LogP contribution is 2.17. The van der Waals surface area contributed by atoms with Crippen LogP contribution < -0.4 is 5.32 Å². The maximum Gasteiger partial charge on any atom is 0.251 e. The Labute approximate surface area is 120 Å². The highest BCUT2D eigenvalue weighted by atomic mass is 16.1. The minimum atomic E-state index is -0.0208. The predicted octanol–water partition coefficient (Wildman–Crippen LogP) is 4.10. The molecule has 0 aromatic heterocycles. The third kappa shape index (κ3) is 3.27. The zero-order valence-electron chi connectivity index (χ0n) is 12.5. The van der Waals surface area contributed by atoms with E-state index in [2.05, 4.69) is 30.4 Å². The molecular formula is C18H21NO. The van der Waals surface area contributed by atoms with E-state index < -0.39 is 0 Å². The van der Waals surface area contributed by atoms with Gasteiger partial charge in [0.1, 0.15) is 0 Å². The van der Waals surface area contributed by atoms with Crippen molar-refractivity contribution in [3.63, 3.8) is 0 Å². The number of carbonyl (C=O) groups excluding carboxylic acids is 1. The van der Waals surface area contributed by atoms with Gasteiger partial charge < -0.3 is 5.32 Å². The summed E-state index contributed by atoms with van der Waals surface area (Å²) in [6, 6.07) is 14.1. The largest absolute Gasteiger partial charge is 0.346 e. The van der Waals surface area contributed by atoms with Crippen LogP contribution in [0.5, 0.6) is 0 Å². The topological polar surface area (TPSA) is 29.1 Å². The van der Waals surface area contributed by atoms with Crippen molar-refractivity contribution >= 4 is 5.91 Å². The molecule has 1 amide bonds. The normalized spacial score (nSPS) is 12.0. The molecule has 0 saturated heterocycles. The van der Waals surface area contributed by atoms with E-state index >= 15 is 0 Å². The summed E-state index contributed by atoms with van der Waals surface area (Å²) in [7, 11) is 0. The zero-order chi connectivity index (χ0) is 14.7. The van der Waals surface area contributed by atoms with Crippen LogP contribution in [0.25, 0.3) is 0 Å². The fourth-order valence-corrected chi connectivity index (χ4v) is 2.54. The highest BCUT2D eigenvalue weighted by Gasteiger charge is 2.13. The van der Waals surface area contributed by atoms with Crippen molar-refractivity contribution in [2.45, 2.75) is 33.7 Å². The van der Waals surface area contributed by atoms with E-state index in [1.54, 1.807) is 0 Å². The minimum absolute atomic E-state index is 0.00418. The molecule has 2 aromatic carbocycles. The Morgan fingerprint density at radius 1 is 1.00 bits per heavy atom. The molecule has 1 N–H and O–H groups in total. The maximum absolute atomic E-state index is 12.3. The summed E-state index contributed by atoms with van der Waals surface area (Å²) in [5.41, 5.74) is 5.30. The second-order valence-electron chi connectivity index (χ2n) is 5.43. The molecule has 0 spiro atoms. The number of aryl methyl sites for hydroxylation is 3. The van der Waals surface area contributed by atoms with Gasteiger partial charge in [-0.25, -0.2) is 0 Å². The first-order valence-electron chi connectivity index (χ1n) is 6.92. The molecule has 2 aromatic rings. The lowest BCUT2D eigenvalue weighted by molar-refractivity contribution is 0.0939. The highest BCUT2D eigenvalue weighted by molar-refractivity contribution is 5.94. The first kappa shape index (κ1) is 14.3. The first-order chi connectivity index (χ1) is 9.47. The van der Waals surface area contributed by atoms with Gasteiger partial charge in [-0.05, 0) is 51.0 Å². The Morgan fingerprint density at radius 2 is 1.60 bits per heavy atom. The van der Waals surface area contributed by atoms with Crippen molar-refractivity contribution in [3.05, 3.63) is 70.3 Å². The van der Waals surface area contributed by atoms with Crippen LogP contribution in [0.1, 0.15) is 45.6 Å². The molecule has 2 rings (SSSR count). The van der Waals surface area contributed by atoms with Crippen LogP contribution in [0, 0.1) is 20.8 Å². The number of hydrogen-bond acceptors (Lipinski definition) is 1. The molecule has 0 saturated carbocycles. The second-order valence-corrected chi connectivity index (χ2v) is 5.43. The SMILES string of the molecule is Cc1cc(C)cc(C(=O)NC(C)c2ccccc2C)c1. The Kier molecular flexibility index (Phi) is 4.23. The predicted molar refractivity (Wildman–Crippen MR) is 83.0 cm³/mol.